The Morgan fingerprint density at radius 2 is 1.72 bits per heavy atom. The summed E-state index contributed by atoms with van der Waals surface area (Å²) in [5.74, 6) is 0.201. The number of aromatic nitrogens is 5. The van der Waals surface area contributed by atoms with E-state index in [0.29, 0.717) is 18.3 Å². The number of benzene rings is 1. The van der Waals surface area contributed by atoms with Crippen LogP contribution < -0.4 is 10.9 Å². The molecule has 4 aromatic rings. The highest BCUT2D eigenvalue weighted by Gasteiger charge is 2.23. The molecule has 0 atom stereocenters. The smallest absolute Gasteiger partial charge is 0.263 e. The molecule has 1 amide bonds. The van der Waals surface area contributed by atoms with E-state index in [4.69, 9.17) is 0 Å². The van der Waals surface area contributed by atoms with E-state index < -0.39 is 5.91 Å². The first-order valence-corrected chi connectivity index (χ1v) is 10.3. The van der Waals surface area contributed by atoms with E-state index in [2.05, 4.69) is 20.4 Å². The molecule has 0 aliphatic heterocycles. The first kappa shape index (κ1) is 21.2. The molecule has 3 aromatic heterocycles. The summed E-state index contributed by atoms with van der Waals surface area (Å²) in [6.07, 6.45) is 4.88. The maximum absolute atomic E-state index is 13.1. The molecule has 0 aliphatic carbocycles. The van der Waals surface area contributed by atoms with E-state index in [0.717, 1.165) is 11.3 Å². The van der Waals surface area contributed by atoms with Gasteiger partial charge >= 0.3 is 0 Å². The second-order valence-corrected chi connectivity index (χ2v) is 8.42. The molecule has 8 nitrogen and oxygen atoms in total. The van der Waals surface area contributed by atoms with Crippen LogP contribution in [-0.2, 0) is 12.0 Å². The predicted molar refractivity (Wildman–Crippen MR) is 122 cm³/mol. The molecule has 0 fully saturated rings. The van der Waals surface area contributed by atoms with Crippen molar-refractivity contribution in [2.45, 2.75) is 32.7 Å². The van der Waals surface area contributed by atoms with Gasteiger partial charge in [-0.05, 0) is 23.8 Å². The third kappa shape index (κ3) is 4.49. The highest BCUT2D eigenvalue weighted by molar-refractivity contribution is 6.03. The average molecular weight is 428 g/mol. The SMILES string of the molecule is CC(C)(C)c1cc(NC(=O)c2cccn(Cc3ccccc3)c2=O)n(-c2ncccn2)n1. The summed E-state index contributed by atoms with van der Waals surface area (Å²) in [6.45, 7) is 6.45. The molecule has 8 heteroatoms. The van der Waals surface area contributed by atoms with Crippen LogP contribution in [0.4, 0.5) is 5.82 Å². The van der Waals surface area contributed by atoms with Crippen molar-refractivity contribution >= 4 is 11.7 Å². The minimum Gasteiger partial charge on any atom is -0.310 e. The molecule has 0 unspecified atom stereocenters. The number of carbonyl (C=O) groups excluding carboxylic acids is 1. The van der Waals surface area contributed by atoms with Gasteiger partial charge in [-0.1, -0.05) is 51.1 Å². The normalized spacial score (nSPS) is 11.3. The van der Waals surface area contributed by atoms with Crippen molar-refractivity contribution < 1.29 is 4.79 Å². The van der Waals surface area contributed by atoms with Crippen molar-refractivity contribution in [2.24, 2.45) is 0 Å². The summed E-state index contributed by atoms with van der Waals surface area (Å²) < 4.78 is 2.99. The summed E-state index contributed by atoms with van der Waals surface area (Å²) in [4.78, 5) is 34.5. The number of amides is 1. The van der Waals surface area contributed by atoms with Crippen LogP contribution in [0.1, 0.15) is 42.4 Å². The third-order valence-corrected chi connectivity index (χ3v) is 4.92. The van der Waals surface area contributed by atoms with Crippen LogP contribution >= 0.6 is 0 Å². The van der Waals surface area contributed by atoms with Gasteiger partial charge in [-0.25, -0.2) is 9.97 Å². The lowest BCUT2D eigenvalue weighted by atomic mass is 9.92. The first-order valence-electron chi connectivity index (χ1n) is 10.3. The minimum absolute atomic E-state index is 0.0440. The molecule has 162 valence electrons. The third-order valence-electron chi connectivity index (χ3n) is 4.92. The van der Waals surface area contributed by atoms with E-state index in [1.807, 2.05) is 51.1 Å². The molecule has 1 N–H and O–H groups in total. The summed E-state index contributed by atoms with van der Waals surface area (Å²) in [5.41, 5.74) is 1.15. The van der Waals surface area contributed by atoms with Gasteiger partial charge in [-0.15, -0.1) is 0 Å². The van der Waals surface area contributed by atoms with Gasteiger partial charge < -0.3 is 9.88 Å². The van der Waals surface area contributed by atoms with Crippen molar-refractivity contribution in [3.63, 3.8) is 0 Å². The Morgan fingerprint density at radius 1 is 1.00 bits per heavy atom. The Labute approximate surface area is 185 Å². The largest absolute Gasteiger partial charge is 0.310 e. The van der Waals surface area contributed by atoms with Crippen LogP contribution in [0.25, 0.3) is 5.95 Å². The van der Waals surface area contributed by atoms with Crippen LogP contribution in [0.2, 0.25) is 0 Å². The molecule has 0 saturated carbocycles. The van der Waals surface area contributed by atoms with E-state index >= 15 is 0 Å². The Bertz CT molecular complexity index is 1290. The summed E-state index contributed by atoms with van der Waals surface area (Å²) in [5, 5.41) is 7.41. The zero-order chi connectivity index (χ0) is 22.7. The number of rotatable bonds is 5. The number of pyridine rings is 1. The Balaban J connectivity index is 1.67. The van der Waals surface area contributed by atoms with Gasteiger partial charge in [0.25, 0.3) is 17.4 Å². The van der Waals surface area contributed by atoms with E-state index in [1.54, 1.807) is 36.8 Å². The predicted octanol–water partition coefficient (Wildman–Crippen LogP) is 3.42. The molecule has 0 radical (unpaired) electrons. The van der Waals surface area contributed by atoms with Crippen LogP contribution in [0, 0.1) is 0 Å². The maximum atomic E-state index is 13.1. The van der Waals surface area contributed by atoms with Crippen LogP contribution in [0.5, 0.6) is 0 Å². The van der Waals surface area contributed by atoms with E-state index in [9.17, 15) is 9.59 Å². The van der Waals surface area contributed by atoms with Crippen molar-refractivity contribution in [3.05, 3.63) is 100 Å². The summed E-state index contributed by atoms with van der Waals surface area (Å²) in [7, 11) is 0. The molecule has 0 saturated heterocycles. The van der Waals surface area contributed by atoms with Crippen molar-refractivity contribution in [2.75, 3.05) is 5.32 Å². The fourth-order valence-electron chi connectivity index (χ4n) is 3.19. The summed E-state index contributed by atoms with van der Waals surface area (Å²) >= 11 is 0. The monoisotopic (exact) mass is 428 g/mol. The van der Waals surface area contributed by atoms with Crippen LogP contribution in [0.15, 0.2) is 78.0 Å². The van der Waals surface area contributed by atoms with Crippen LogP contribution in [0.3, 0.4) is 0 Å². The topological polar surface area (TPSA) is 94.7 Å². The molecular weight excluding hydrogens is 404 g/mol. The number of nitrogens with zero attached hydrogens (tertiary/aromatic N) is 5. The summed E-state index contributed by atoms with van der Waals surface area (Å²) in [6, 6.07) is 16.3. The van der Waals surface area contributed by atoms with Crippen molar-refractivity contribution in [1.29, 1.82) is 0 Å². The van der Waals surface area contributed by atoms with Crippen molar-refractivity contribution in [1.82, 2.24) is 24.3 Å². The Morgan fingerprint density at radius 3 is 2.41 bits per heavy atom. The van der Waals surface area contributed by atoms with Crippen LogP contribution in [-0.4, -0.2) is 30.2 Å². The minimum atomic E-state index is -0.519. The fourth-order valence-corrected chi connectivity index (χ4v) is 3.19. The maximum Gasteiger partial charge on any atom is 0.263 e. The fraction of sp³-hybridized carbons (Fsp3) is 0.208. The second kappa shape index (κ2) is 8.58. The lowest BCUT2D eigenvalue weighted by Crippen LogP contribution is -2.29. The Hall–Kier alpha value is -4.07. The molecule has 0 spiro atoms. The molecule has 4 rings (SSSR count). The molecule has 1 aromatic carbocycles. The van der Waals surface area contributed by atoms with E-state index in [1.165, 1.54) is 15.3 Å². The van der Waals surface area contributed by atoms with Gasteiger partial charge in [0.05, 0.1) is 12.2 Å². The highest BCUT2D eigenvalue weighted by atomic mass is 16.2. The lowest BCUT2D eigenvalue weighted by Gasteiger charge is -2.13. The zero-order valence-electron chi connectivity index (χ0n) is 18.2. The number of carbonyl (C=O) groups is 1. The zero-order valence-corrected chi connectivity index (χ0v) is 18.2. The molecule has 32 heavy (non-hydrogen) atoms. The molecular formula is C24H24N6O2. The van der Waals surface area contributed by atoms with Crippen molar-refractivity contribution in [3.8, 4) is 5.95 Å². The van der Waals surface area contributed by atoms with Gasteiger partial charge in [0.15, 0.2) is 0 Å². The van der Waals surface area contributed by atoms with Gasteiger partial charge in [0, 0.05) is 30.1 Å². The van der Waals surface area contributed by atoms with Gasteiger partial charge in [0.1, 0.15) is 11.4 Å². The quantitative estimate of drug-likeness (QED) is 0.526. The molecule has 3 heterocycles. The van der Waals surface area contributed by atoms with Gasteiger partial charge in [-0.3, -0.25) is 9.59 Å². The average Bonchev–Trinajstić information content (AvgIpc) is 3.21. The Kier molecular flexibility index (Phi) is 5.68. The molecule has 0 bridgehead atoms. The van der Waals surface area contributed by atoms with Gasteiger partial charge in [0.2, 0.25) is 0 Å². The lowest BCUT2D eigenvalue weighted by molar-refractivity contribution is 0.102. The second-order valence-electron chi connectivity index (χ2n) is 8.42. The number of hydrogen-bond donors (Lipinski definition) is 1. The highest BCUT2D eigenvalue weighted by Crippen LogP contribution is 2.25. The van der Waals surface area contributed by atoms with E-state index in [-0.39, 0.29) is 16.5 Å². The van der Waals surface area contributed by atoms with Gasteiger partial charge in [-0.2, -0.15) is 9.78 Å². The number of nitrogens with one attached hydrogen (secondary N) is 1. The number of anilines is 1. The standard InChI is InChI=1S/C24H24N6O2/c1-24(2,3)19-15-20(30(28-19)23-25-12-8-13-26-23)27-21(31)18-11-7-14-29(22(18)32)16-17-9-5-4-6-10-17/h4-15H,16H2,1-3H3,(H,27,31). The first-order chi connectivity index (χ1) is 15.3. The molecule has 0 aliphatic rings. The number of hydrogen-bond acceptors (Lipinski definition) is 5.